The van der Waals surface area contributed by atoms with Crippen LogP contribution < -0.4 is 14.8 Å². The van der Waals surface area contributed by atoms with Crippen molar-refractivity contribution in [3.05, 3.63) is 77.9 Å². The maximum atomic E-state index is 12.4. The zero-order valence-corrected chi connectivity index (χ0v) is 16.2. The minimum absolute atomic E-state index is 0.248. The predicted molar refractivity (Wildman–Crippen MR) is 109 cm³/mol. The molecule has 28 heavy (non-hydrogen) atoms. The molecular formula is C22H18N2O3S. The molecule has 0 aromatic heterocycles. The Hall–Kier alpha value is -3.43. The first-order valence-electron chi connectivity index (χ1n) is 8.44. The minimum atomic E-state index is -0.248. The molecule has 1 amide bonds. The van der Waals surface area contributed by atoms with Crippen LogP contribution in [0.5, 0.6) is 11.5 Å². The van der Waals surface area contributed by atoms with Crippen molar-refractivity contribution in [1.29, 1.82) is 5.26 Å². The van der Waals surface area contributed by atoms with Gasteiger partial charge in [-0.2, -0.15) is 5.26 Å². The third kappa shape index (κ3) is 4.64. The molecule has 0 aliphatic heterocycles. The molecule has 0 fully saturated rings. The summed E-state index contributed by atoms with van der Waals surface area (Å²) in [7, 11) is 3.19. The minimum Gasteiger partial charge on any atom is -0.497 e. The molecule has 0 unspecified atom stereocenters. The number of nitriles is 1. The van der Waals surface area contributed by atoms with E-state index in [9.17, 15) is 10.1 Å². The molecular weight excluding hydrogens is 372 g/mol. The number of anilines is 1. The van der Waals surface area contributed by atoms with Gasteiger partial charge in [-0.3, -0.25) is 4.79 Å². The summed E-state index contributed by atoms with van der Waals surface area (Å²) >= 11 is 1.48. The summed E-state index contributed by atoms with van der Waals surface area (Å²) in [5.41, 5.74) is 1.57. The fourth-order valence-corrected chi connectivity index (χ4v) is 3.38. The Kier molecular flexibility index (Phi) is 6.20. The van der Waals surface area contributed by atoms with Crippen LogP contribution in [0.1, 0.15) is 15.9 Å². The fourth-order valence-electron chi connectivity index (χ4n) is 2.50. The van der Waals surface area contributed by atoms with Gasteiger partial charge < -0.3 is 14.8 Å². The molecule has 0 bridgehead atoms. The molecule has 3 aromatic rings. The van der Waals surface area contributed by atoms with E-state index in [2.05, 4.69) is 11.4 Å². The van der Waals surface area contributed by atoms with Gasteiger partial charge in [-0.05, 0) is 66.7 Å². The number of methoxy groups -OCH3 is 2. The maximum absolute atomic E-state index is 12.4. The van der Waals surface area contributed by atoms with Crippen molar-refractivity contribution in [3.63, 3.8) is 0 Å². The molecule has 0 saturated carbocycles. The van der Waals surface area contributed by atoms with Gasteiger partial charge in [-0.1, -0.05) is 11.8 Å². The quantitative estimate of drug-likeness (QED) is 0.643. The van der Waals surface area contributed by atoms with Crippen LogP contribution in [0.25, 0.3) is 0 Å². The van der Waals surface area contributed by atoms with Gasteiger partial charge in [-0.15, -0.1) is 0 Å². The van der Waals surface area contributed by atoms with Crippen molar-refractivity contribution in [2.45, 2.75) is 9.79 Å². The van der Waals surface area contributed by atoms with Crippen molar-refractivity contribution in [2.75, 3.05) is 19.5 Å². The van der Waals surface area contributed by atoms with E-state index in [1.165, 1.54) is 11.8 Å². The zero-order chi connectivity index (χ0) is 19.9. The highest BCUT2D eigenvalue weighted by Gasteiger charge is 2.10. The Morgan fingerprint density at radius 2 is 1.54 bits per heavy atom. The molecule has 0 atom stereocenters. The monoisotopic (exact) mass is 390 g/mol. The number of amides is 1. The van der Waals surface area contributed by atoms with Crippen LogP contribution in [0.15, 0.2) is 76.5 Å². The van der Waals surface area contributed by atoms with E-state index >= 15 is 0 Å². The lowest BCUT2D eigenvalue weighted by molar-refractivity contribution is 0.102. The van der Waals surface area contributed by atoms with Gasteiger partial charge in [-0.25, -0.2) is 0 Å². The van der Waals surface area contributed by atoms with Crippen LogP contribution in [0.2, 0.25) is 0 Å². The molecule has 1 N–H and O–H groups in total. The molecule has 0 aliphatic rings. The van der Waals surface area contributed by atoms with Crippen molar-refractivity contribution >= 4 is 23.4 Å². The number of carbonyl (C=O) groups is 1. The highest BCUT2D eigenvalue weighted by molar-refractivity contribution is 7.99. The highest BCUT2D eigenvalue weighted by atomic mass is 32.2. The first-order valence-corrected chi connectivity index (χ1v) is 9.26. The van der Waals surface area contributed by atoms with Gasteiger partial charge in [0.05, 0.1) is 19.8 Å². The summed E-state index contributed by atoms with van der Waals surface area (Å²) in [5.74, 6) is 1.21. The van der Waals surface area contributed by atoms with Crippen molar-refractivity contribution < 1.29 is 14.3 Å². The predicted octanol–water partition coefficient (Wildman–Crippen LogP) is 4.98. The van der Waals surface area contributed by atoms with Crippen molar-refractivity contribution in [2.24, 2.45) is 0 Å². The highest BCUT2D eigenvalue weighted by Crippen LogP contribution is 2.32. The lowest BCUT2D eigenvalue weighted by Gasteiger charge is -2.09. The molecule has 6 heteroatoms. The summed E-state index contributed by atoms with van der Waals surface area (Å²) in [5, 5.41) is 12.3. The summed E-state index contributed by atoms with van der Waals surface area (Å²) < 4.78 is 10.3. The van der Waals surface area contributed by atoms with E-state index in [1.807, 2.05) is 30.3 Å². The smallest absolute Gasteiger partial charge is 0.255 e. The third-order valence-electron chi connectivity index (χ3n) is 4.00. The Labute approximate surface area is 167 Å². The van der Waals surface area contributed by atoms with Crippen LogP contribution in [0.3, 0.4) is 0 Å². The van der Waals surface area contributed by atoms with Crippen molar-refractivity contribution in [3.8, 4) is 17.6 Å². The summed E-state index contributed by atoms with van der Waals surface area (Å²) in [6.07, 6.45) is 0. The molecule has 5 nitrogen and oxygen atoms in total. The van der Waals surface area contributed by atoms with E-state index < -0.39 is 0 Å². The van der Waals surface area contributed by atoms with Crippen LogP contribution in [0, 0.1) is 11.3 Å². The second-order valence-corrected chi connectivity index (χ2v) is 6.90. The second kappa shape index (κ2) is 8.98. The standard InChI is InChI=1S/C22H18N2O3S/c1-26-18-6-3-15(4-7-18)22(25)24-17-5-12-21(16(13-17)14-23)28-20-10-8-19(27-2)9-11-20/h3-13H,1-2H3,(H,24,25). The summed E-state index contributed by atoms with van der Waals surface area (Å²) in [6, 6.07) is 21.9. The van der Waals surface area contributed by atoms with E-state index in [1.54, 1.807) is 50.6 Å². The van der Waals surface area contributed by atoms with E-state index in [0.29, 0.717) is 22.6 Å². The molecule has 0 radical (unpaired) electrons. The normalized spacial score (nSPS) is 10.0. The maximum Gasteiger partial charge on any atom is 0.255 e. The van der Waals surface area contributed by atoms with Crippen LogP contribution >= 0.6 is 11.8 Å². The zero-order valence-electron chi connectivity index (χ0n) is 15.4. The van der Waals surface area contributed by atoms with Crippen LogP contribution in [-0.2, 0) is 0 Å². The Balaban J connectivity index is 1.74. The van der Waals surface area contributed by atoms with Gasteiger partial charge in [0.15, 0.2) is 0 Å². The topological polar surface area (TPSA) is 71.3 Å². The lowest BCUT2D eigenvalue weighted by atomic mass is 10.2. The van der Waals surface area contributed by atoms with Crippen molar-refractivity contribution in [1.82, 2.24) is 0 Å². The van der Waals surface area contributed by atoms with E-state index in [-0.39, 0.29) is 5.91 Å². The number of benzene rings is 3. The van der Waals surface area contributed by atoms with Crippen LogP contribution in [0.4, 0.5) is 5.69 Å². The fraction of sp³-hybridized carbons (Fsp3) is 0.0909. The average molecular weight is 390 g/mol. The van der Waals surface area contributed by atoms with Crippen LogP contribution in [-0.4, -0.2) is 20.1 Å². The van der Waals surface area contributed by atoms with Gasteiger partial charge >= 0.3 is 0 Å². The number of rotatable bonds is 6. The number of nitrogens with one attached hydrogen (secondary N) is 1. The SMILES string of the molecule is COc1ccc(Sc2ccc(NC(=O)c3ccc(OC)cc3)cc2C#N)cc1. The third-order valence-corrected chi connectivity index (χ3v) is 5.08. The molecule has 0 aliphatic carbocycles. The van der Waals surface area contributed by atoms with Gasteiger partial charge in [0.25, 0.3) is 5.91 Å². The van der Waals surface area contributed by atoms with Gasteiger partial charge in [0, 0.05) is 21.0 Å². The number of carbonyl (C=O) groups excluding carboxylic acids is 1. The van der Waals surface area contributed by atoms with E-state index in [0.717, 1.165) is 15.5 Å². The molecule has 0 saturated heterocycles. The summed E-state index contributed by atoms with van der Waals surface area (Å²) in [4.78, 5) is 14.2. The molecule has 3 rings (SSSR count). The summed E-state index contributed by atoms with van der Waals surface area (Å²) in [6.45, 7) is 0. The first-order chi connectivity index (χ1) is 13.6. The number of hydrogen-bond acceptors (Lipinski definition) is 5. The number of ether oxygens (including phenoxy) is 2. The second-order valence-electron chi connectivity index (χ2n) is 5.78. The largest absolute Gasteiger partial charge is 0.497 e. The Morgan fingerprint density at radius 3 is 2.11 bits per heavy atom. The Morgan fingerprint density at radius 1 is 0.929 bits per heavy atom. The molecule has 0 spiro atoms. The first kappa shape index (κ1) is 19.3. The molecule has 140 valence electrons. The number of hydrogen-bond donors (Lipinski definition) is 1. The average Bonchev–Trinajstić information content (AvgIpc) is 2.75. The number of nitrogens with zero attached hydrogens (tertiary/aromatic N) is 1. The van der Waals surface area contributed by atoms with Gasteiger partial charge in [0.2, 0.25) is 0 Å². The molecule has 0 heterocycles. The molecule has 3 aromatic carbocycles. The lowest BCUT2D eigenvalue weighted by Crippen LogP contribution is -2.11. The van der Waals surface area contributed by atoms with E-state index in [4.69, 9.17) is 9.47 Å². The van der Waals surface area contributed by atoms with Gasteiger partial charge in [0.1, 0.15) is 17.6 Å². The Bertz CT molecular complexity index is 1010.